The maximum Gasteiger partial charge on any atom is 0.145 e. The van der Waals surface area contributed by atoms with E-state index in [4.69, 9.17) is 10.9 Å². The van der Waals surface area contributed by atoms with Gasteiger partial charge in [0.15, 0.2) is 0 Å². The molecule has 0 saturated heterocycles. The highest BCUT2D eigenvalue weighted by molar-refractivity contribution is 5.48. The van der Waals surface area contributed by atoms with Crippen molar-refractivity contribution in [1.82, 2.24) is 9.97 Å². The van der Waals surface area contributed by atoms with Crippen molar-refractivity contribution in [2.75, 3.05) is 17.3 Å². The number of nitrogens with one attached hydrogen (secondary N) is 2. The molecule has 0 fully saturated rings. The fraction of sp³-hybridized carbons (Fsp3) is 0.692. The summed E-state index contributed by atoms with van der Waals surface area (Å²) in [4.78, 5) is 8.87. The Morgan fingerprint density at radius 3 is 2.32 bits per heavy atom. The van der Waals surface area contributed by atoms with Gasteiger partial charge in [0.05, 0.1) is 0 Å². The van der Waals surface area contributed by atoms with E-state index < -0.39 is 0 Å². The van der Waals surface area contributed by atoms with Gasteiger partial charge in [-0.25, -0.2) is 15.8 Å². The van der Waals surface area contributed by atoms with Crippen molar-refractivity contribution in [2.24, 2.45) is 11.8 Å². The molecule has 0 saturated carbocycles. The predicted octanol–water partition coefficient (Wildman–Crippen LogP) is 1.49. The third-order valence-corrected chi connectivity index (χ3v) is 3.06. The van der Waals surface area contributed by atoms with E-state index in [-0.39, 0.29) is 24.0 Å². The molecule has 0 aliphatic rings. The van der Waals surface area contributed by atoms with Crippen LogP contribution in [0.1, 0.15) is 40.4 Å². The zero-order valence-corrected chi connectivity index (χ0v) is 12.4. The summed E-state index contributed by atoms with van der Waals surface area (Å²) in [6.45, 7) is 10.3. The normalized spacial score (nSPS) is 14.9. The first kappa shape index (κ1) is 15.7. The molecule has 108 valence electrons. The Kier molecular flexibility index (Phi) is 5.08. The van der Waals surface area contributed by atoms with E-state index in [0.29, 0.717) is 17.5 Å². The van der Waals surface area contributed by atoms with Gasteiger partial charge in [0.1, 0.15) is 17.5 Å². The molecule has 6 heteroatoms. The molecule has 0 bridgehead atoms. The van der Waals surface area contributed by atoms with Crippen LogP contribution in [0.4, 0.5) is 11.6 Å². The fourth-order valence-corrected chi connectivity index (χ4v) is 1.46. The zero-order valence-electron chi connectivity index (χ0n) is 12.4. The van der Waals surface area contributed by atoms with Gasteiger partial charge in [-0.3, -0.25) is 0 Å². The van der Waals surface area contributed by atoms with Crippen LogP contribution in [0.5, 0.6) is 0 Å². The van der Waals surface area contributed by atoms with Gasteiger partial charge in [-0.1, -0.05) is 27.7 Å². The number of aromatic nitrogens is 2. The molecule has 0 amide bonds. The Bertz CT molecular complexity index is 416. The van der Waals surface area contributed by atoms with Crippen LogP contribution in [-0.2, 0) is 5.41 Å². The largest absolute Gasteiger partial charge is 0.396 e. The monoisotopic (exact) mass is 267 g/mol. The summed E-state index contributed by atoms with van der Waals surface area (Å²) in [6.07, 6.45) is 0. The molecule has 0 radical (unpaired) electrons. The smallest absolute Gasteiger partial charge is 0.145 e. The maximum absolute atomic E-state index is 9.16. The Labute approximate surface area is 114 Å². The number of nitrogens with two attached hydrogens (primary N) is 1. The number of hydrazine groups is 1. The molecule has 0 aliphatic heterocycles. The van der Waals surface area contributed by atoms with Gasteiger partial charge in [-0.15, -0.1) is 0 Å². The number of hydrogen-bond donors (Lipinski definition) is 4. The highest BCUT2D eigenvalue weighted by Crippen LogP contribution is 2.22. The third-order valence-electron chi connectivity index (χ3n) is 3.06. The summed E-state index contributed by atoms with van der Waals surface area (Å²) >= 11 is 0. The molecule has 1 aromatic rings. The number of hydrogen-bond acceptors (Lipinski definition) is 6. The van der Waals surface area contributed by atoms with E-state index >= 15 is 0 Å². The van der Waals surface area contributed by atoms with Crippen molar-refractivity contribution in [3.8, 4) is 0 Å². The van der Waals surface area contributed by atoms with E-state index in [2.05, 4.69) is 20.7 Å². The van der Waals surface area contributed by atoms with Crippen molar-refractivity contribution in [3.63, 3.8) is 0 Å². The van der Waals surface area contributed by atoms with Crippen molar-refractivity contribution in [3.05, 3.63) is 11.9 Å². The predicted molar refractivity (Wildman–Crippen MR) is 77.9 cm³/mol. The number of rotatable bonds is 5. The van der Waals surface area contributed by atoms with Crippen molar-refractivity contribution in [1.29, 1.82) is 0 Å². The molecule has 0 aromatic carbocycles. The Morgan fingerprint density at radius 2 is 1.84 bits per heavy atom. The van der Waals surface area contributed by atoms with Gasteiger partial charge in [0.2, 0.25) is 0 Å². The van der Waals surface area contributed by atoms with Crippen LogP contribution in [0, 0.1) is 5.92 Å². The van der Waals surface area contributed by atoms with Crippen molar-refractivity contribution < 1.29 is 5.11 Å². The van der Waals surface area contributed by atoms with Gasteiger partial charge in [-0.2, -0.15) is 0 Å². The minimum Gasteiger partial charge on any atom is -0.396 e. The second kappa shape index (κ2) is 6.16. The number of aliphatic hydroxyl groups excluding tert-OH is 1. The summed E-state index contributed by atoms with van der Waals surface area (Å²) in [5.41, 5.74) is 2.40. The van der Waals surface area contributed by atoms with Crippen LogP contribution in [0.15, 0.2) is 6.07 Å². The average molecular weight is 267 g/mol. The quantitative estimate of drug-likeness (QED) is 0.477. The van der Waals surface area contributed by atoms with Gasteiger partial charge in [-0.05, 0) is 12.8 Å². The highest BCUT2D eigenvalue weighted by atomic mass is 16.3. The van der Waals surface area contributed by atoms with E-state index in [1.165, 1.54) is 0 Å². The summed E-state index contributed by atoms with van der Waals surface area (Å²) in [5.74, 6) is 7.58. The summed E-state index contributed by atoms with van der Waals surface area (Å²) in [6, 6.07) is 1.87. The van der Waals surface area contributed by atoms with E-state index in [9.17, 15) is 0 Å². The lowest BCUT2D eigenvalue weighted by molar-refractivity contribution is 0.226. The first-order valence-corrected chi connectivity index (χ1v) is 6.51. The van der Waals surface area contributed by atoms with E-state index in [1.54, 1.807) is 6.07 Å². The Balaban J connectivity index is 3.01. The number of anilines is 2. The second-order valence-electron chi connectivity index (χ2n) is 5.95. The first-order valence-electron chi connectivity index (χ1n) is 6.51. The summed E-state index contributed by atoms with van der Waals surface area (Å²) in [5, 5.41) is 12.4. The molecule has 0 aliphatic carbocycles. The first-order chi connectivity index (χ1) is 8.77. The van der Waals surface area contributed by atoms with Crippen molar-refractivity contribution >= 4 is 11.6 Å². The number of nitrogens with zero attached hydrogens (tertiary/aromatic N) is 2. The fourth-order valence-electron chi connectivity index (χ4n) is 1.46. The molecule has 2 atom stereocenters. The highest BCUT2D eigenvalue weighted by Gasteiger charge is 2.20. The van der Waals surface area contributed by atoms with Gasteiger partial charge < -0.3 is 15.8 Å². The molecular weight excluding hydrogens is 242 g/mol. The molecule has 19 heavy (non-hydrogen) atoms. The van der Waals surface area contributed by atoms with Gasteiger partial charge in [0, 0.05) is 24.1 Å². The van der Waals surface area contributed by atoms with Crippen LogP contribution in [0.3, 0.4) is 0 Å². The molecular formula is C13H25N5O. The van der Waals surface area contributed by atoms with Crippen molar-refractivity contribution in [2.45, 2.75) is 46.1 Å². The standard InChI is InChI=1S/C13H25N5O/c1-8(7-19)9(2)15-10-6-11(18-14)17-12(16-10)13(3,4)5/h6,8-9,19H,7,14H2,1-5H3,(H2,15,16,17,18). The molecule has 5 N–H and O–H groups in total. The van der Waals surface area contributed by atoms with Crippen LogP contribution >= 0.6 is 0 Å². The van der Waals surface area contributed by atoms with Crippen LogP contribution in [0.25, 0.3) is 0 Å². The molecule has 6 nitrogen and oxygen atoms in total. The number of nitrogen functional groups attached to an aromatic ring is 1. The van der Waals surface area contributed by atoms with Crippen LogP contribution < -0.4 is 16.6 Å². The summed E-state index contributed by atoms with van der Waals surface area (Å²) < 4.78 is 0. The van der Waals surface area contributed by atoms with Crippen LogP contribution in [0.2, 0.25) is 0 Å². The second-order valence-corrected chi connectivity index (χ2v) is 5.95. The van der Waals surface area contributed by atoms with Crippen LogP contribution in [-0.4, -0.2) is 27.7 Å². The lowest BCUT2D eigenvalue weighted by Gasteiger charge is -2.22. The molecule has 2 unspecified atom stereocenters. The van der Waals surface area contributed by atoms with Gasteiger partial charge >= 0.3 is 0 Å². The molecule has 1 rings (SSSR count). The SMILES string of the molecule is CC(CO)C(C)Nc1cc(NN)nc(C(C)(C)C)n1. The molecule has 1 heterocycles. The molecule has 1 aromatic heterocycles. The Hall–Kier alpha value is -1.40. The summed E-state index contributed by atoms with van der Waals surface area (Å²) in [7, 11) is 0. The Morgan fingerprint density at radius 1 is 1.26 bits per heavy atom. The number of aliphatic hydroxyl groups is 1. The van der Waals surface area contributed by atoms with E-state index in [1.807, 2.05) is 34.6 Å². The minimum absolute atomic E-state index is 0.110. The van der Waals surface area contributed by atoms with E-state index in [0.717, 1.165) is 0 Å². The van der Waals surface area contributed by atoms with Gasteiger partial charge in [0.25, 0.3) is 0 Å². The topological polar surface area (TPSA) is 96.1 Å². The lowest BCUT2D eigenvalue weighted by Crippen LogP contribution is -2.28. The average Bonchev–Trinajstić information content (AvgIpc) is 2.36. The lowest BCUT2D eigenvalue weighted by atomic mass is 9.96. The third kappa shape index (κ3) is 4.33. The molecule has 0 spiro atoms. The minimum atomic E-state index is -0.158. The maximum atomic E-state index is 9.16. The zero-order chi connectivity index (χ0) is 14.6.